The zero-order chi connectivity index (χ0) is 12.1. The van der Waals surface area contributed by atoms with Gasteiger partial charge in [0.05, 0.1) is 19.8 Å². The molecule has 0 bridgehead atoms. The summed E-state index contributed by atoms with van der Waals surface area (Å²) in [5.41, 5.74) is 1.82. The predicted molar refractivity (Wildman–Crippen MR) is 61.0 cm³/mol. The highest BCUT2D eigenvalue weighted by Crippen LogP contribution is 2.33. The SMILES string of the molecule is COc1cc(C(OC)OC)c(OC)cc1C. The van der Waals surface area contributed by atoms with Gasteiger partial charge in [-0.3, -0.25) is 0 Å². The van der Waals surface area contributed by atoms with Crippen LogP contribution in [0, 0.1) is 6.92 Å². The molecule has 0 unspecified atom stereocenters. The number of ether oxygens (including phenoxy) is 4. The lowest BCUT2D eigenvalue weighted by Gasteiger charge is -2.18. The van der Waals surface area contributed by atoms with E-state index in [-0.39, 0.29) is 0 Å². The highest BCUT2D eigenvalue weighted by atomic mass is 16.7. The summed E-state index contributed by atoms with van der Waals surface area (Å²) >= 11 is 0. The van der Waals surface area contributed by atoms with E-state index < -0.39 is 6.29 Å². The van der Waals surface area contributed by atoms with Gasteiger partial charge in [0, 0.05) is 14.2 Å². The largest absolute Gasteiger partial charge is 0.496 e. The van der Waals surface area contributed by atoms with Crippen molar-refractivity contribution in [2.45, 2.75) is 13.2 Å². The third kappa shape index (κ3) is 2.46. The summed E-state index contributed by atoms with van der Waals surface area (Å²) in [4.78, 5) is 0. The normalized spacial score (nSPS) is 10.6. The molecule has 0 N–H and O–H groups in total. The molecule has 0 spiro atoms. The Labute approximate surface area is 96.1 Å². The van der Waals surface area contributed by atoms with Gasteiger partial charge in [-0.05, 0) is 24.6 Å². The summed E-state index contributed by atoms with van der Waals surface area (Å²) < 4.78 is 21.0. The average Bonchev–Trinajstić information content (AvgIpc) is 2.31. The Hall–Kier alpha value is -1.26. The van der Waals surface area contributed by atoms with Crippen LogP contribution in [0.25, 0.3) is 0 Å². The molecular formula is C12H18O4. The van der Waals surface area contributed by atoms with E-state index in [0.717, 1.165) is 22.6 Å². The fraction of sp³-hybridized carbons (Fsp3) is 0.500. The fourth-order valence-corrected chi connectivity index (χ4v) is 1.61. The summed E-state index contributed by atoms with van der Waals surface area (Å²) in [7, 11) is 6.42. The summed E-state index contributed by atoms with van der Waals surface area (Å²) in [5, 5.41) is 0. The number of benzene rings is 1. The second kappa shape index (κ2) is 5.72. The molecule has 0 amide bonds. The molecule has 0 aliphatic heterocycles. The minimum atomic E-state index is -0.454. The molecule has 0 saturated heterocycles. The van der Waals surface area contributed by atoms with Gasteiger partial charge in [0.15, 0.2) is 6.29 Å². The fourth-order valence-electron chi connectivity index (χ4n) is 1.61. The van der Waals surface area contributed by atoms with Crippen molar-refractivity contribution in [1.82, 2.24) is 0 Å². The van der Waals surface area contributed by atoms with E-state index in [4.69, 9.17) is 18.9 Å². The van der Waals surface area contributed by atoms with Gasteiger partial charge in [0.2, 0.25) is 0 Å². The molecule has 1 aromatic carbocycles. The lowest BCUT2D eigenvalue weighted by atomic mass is 10.1. The molecule has 4 heteroatoms. The first-order valence-electron chi connectivity index (χ1n) is 4.96. The quantitative estimate of drug-likeness (QED) is 0.722. The molecule has 4 nitrogen and oxygen atoms in total. The van der Waals surface area contributed by atoms with Crippen LogP contribution in [0.5, 0.6) is 11.5 Å². The minimum Gasteiger partial charge on any atom is -0.496 e. The van der Waals surface area contributed by atoms with Crippen LogP contribution in [-0.2, 0) is 9.47 Å². The standard InChI is InChI=1S/C12H18O4/c1-8-6-11(14-3)9(7-10(8)13-2)12(15-4)16-5/h6-7,12H,1-5H3. The van der Waals surface area contributed by atoms with Gasteiger partial charge in [0.25, 0.3) is 0 Å². The number of hydrogen-bond donors (Lipinski definition) is 0. The maximum Gasteiger partial charge on any atom is 0.186 e. The predicted octanol–water partition coefficient (Wildman–Crippen LogP) is 2.30. The third-order valence-electron chi connectivity index (χ3n) is 2.43. The molecule has 1 aromatic rings. The third-order valence-corrected chi connectivity index (χ3v) is 2.43. The first kappa shape index (κ1) is 12.8. The number of aryl methyl sites for hydroxylation is 1. The van der Waals surface area contributed by atoms with Gasteiger partial charge < -0.3 is 18.9 Å². The van der Waals surface area contributed by atoms with Gasteiger partial charge in [-0.1, -0.05) is 0 Å². The van der Waals surface area contributed by atoms with Gasteiger partial charge in [-0.2, -0.15) is 0 Å². The van der Waals surface area contributed by atoms with E-state index in [1.807, 2.05) is 19.1 Å². The first-order chi connectivity index (χ1) is 7.67. The zero-order valence-electron chi connectivity index (χ0n) is 10.4. The van der Waals surface area contributed by atoms with Gasteiger partial charge in [-0.15, -0.1) is 0 Å². The topological polar surface area (TPSA) is 36.9 Å². The van der Waals surface area contributed by atoms with Crippen LogP contribution in [-0.4, -0.2) is 28.4 Å². The molecule has 0 heterocycles. The molecular weight excluding hydrogens is 208 g/mol. The van der Waals surface area contributed by atoms with Crippen molar-refractivity contribution in [2.24, 2.45) is 0 Å². The van der Waals surface area contributed by atoms with E-state index in [1.165, 1.54) is 0 Å². The Kier molecular flexibility index (Phi) is 4.58. The highest BCUT2D eigenvalue weighted by molar-refractivity contribution is 5.46. The van der Waals surface area contributed by atoms with Gasteiger partial charge in [0.1, 0.15) is 11.5 Å². The van der Waals surface area contributed by atoms with Crippen molar-refractivity contribution in [1.29, 1.82) is 0 Å². The Bertz CT molecular complexity index is 345. The Morgan fingerprint density at radius 1 is 0.875 bits per heavy atom. The Balaban J connectivity index is 3.23. The summed E-state index contributed by atoms with van der Waals surface area (Å²) in [6, 6.07) is 3.77. The molecule has 0 aliphatic carbocycles. The van der Waals surface area contributed by atoms with Crippen LogP contribution >= 0.6 is 0 Å². The summed E-state index contributed by atoms with van der Waals surface area (Å²) in [6.07, 6.45) is -0.454. The summed E-state index contributed by atoms with van der Waals surface area (Å²) in [5.74, 6) is 1.52. The maximum atomic E-state index is 5.29. The van der Waals surface area contributed by atoms with E-state index >= 15 is 0 Å². The van der Waals surface area contributed by atoms with E-state index in [0.29, 0.717) is 0 Å². The Morgan fingerprint density at radius 3 is 1.88 bits per heavy atom. The smallest absolute Gasteiger partial charge is 0.186 e. The van der Waals surface area contributed by atoms with E-state index in [2.05, 4.69) is 0 Å². The van der Waals surface area contributed by atoms with Gasteiger partial charge >= 0.3 is 0 Å². The molecule has 0 aliphatic rings. The molecule has 16 heavy (non-hydrogen) atoms. The zero-order valence-corrected chi connectivity index (χ0v) is 10.4. The number of rotatable bonds is 5. The maximum absolute atomic E-state index is 5.29. The monoisotopic (exact) mass is 226 g/mol. The van der Waals surface area contributed by atoms with Crippen LogP contribution in [0.4, 0.5) is 0 Å². The molecule has 90 valence electrons. The van der Waals surface area contributed by atoms with Crippen LogP contribution in [0.2, 0.25) is 0 Å². The molecule has 1 rings (SSSR count). The van der Waals surface area contributed by atoms with Crippen molar-refractivity contribution in [3.63, 3.8) is 0 Å². The van der Waals surface area contributed by atoms with Crippen LogP contribution in [0.15, 0.2) is 12.1 Å². The van der Waals surface area contributed by atoms with Gasteiger partial charge in [-0.25, -0.2) is 0 Å². The molecule has 0 radical (unpaired) electrons. The van der Waals surface area contributed by atoms with E-state index in [9.17, 15) is 0 Å². The van der Waals surface area contributed by atoms with Crippen molar-refractivity contribution in [3.05, 3.63) is 23.3 Å². The average molecular weight is 226 g/mol. The van der Waals surface area contributed by atoms with Crippen LogP contribution in [0.3, 0.4) is 0 Å². The number of methoxy groups -OCH3 is 4. The lowest BCUT2D eigenvalue weighted by molar-refractivity contribution is -0.107. The van der Waals surface area contributed by atoms with Crippen LogP contribution in [0.1, 0.15) is 17.4 Å². The lowest BCUT2D eigenvalue weighted by Crippen LogP contribution is -2.06. The second-order valence-electron chi connectivity index (χ2n) is 3.37. The second-order valence-corrected chi connectivity index (χ2v) is 3.37. The number of hydrogen-bond acceptors (Lipinski definition) is 4. The molecule has 0 saturated carbocycles. The van der Waals surface area contributed by atoms with E-state index in [1.54, 1.807) is 28.4 Å². The molecule has 0 atom stereocenters. The van der Waals surface area contributed by atoms with Crippen molar-refractivity contribution >= 4 is 0 Å². The van der Waals surface area contributed by atoms with Crippen molar-refractivity contribution < 1.29 is 18.9 Å². The Morgan fingerprint density at radius 2 is 1.44 bits per heavy atom. The molecule has 0 aromatic heterocycles. The minimum absolute atomic E-state index is 0.454. The highest BCUT2D eigenvalue weighted by Gasteiger charge is 2.17. The molecule has 0 fully saturated rings. The first-order valence-corrected chi connectivity index (χ1v) is 4.96. The van der Waals surface area contributed by atoms with Crippen molar-refractivity contribution in [3.8, 4) is 11.5 Å². The van der Waals surface area contributed by atoms with Crippen molar-refractivity contribution in [2.75, 3.05) is 28.4 Å². The van der Waals surface area contributed by atoms with Crippen LogP contribution < -0.4 is 9.47 Å². The summed E-state index contributed by atoms with van der Waals surface area (Å²) in [6.45, 7) is 1.96.